The van der Waals surface area contributed by atoms with Gasteiger partial charge in [0.15, 0.2) is 0 Å². The molecule has 0 heterocycles. The molecular weight excluding hydrogens is 244 g/mol. The van der Waals surface area contributed by atoms with Gasteiger partial charge in [-0.25, -0.2) is 0 Å². The van der Waals surface area contributed by atoms with Crippen LogP contribution in [-0.2, 0) is 16.0 Å². The number of carboxylic acids is 1. The summed E-state index contributed by atoms with van der Waals surface area (Å²) in [5, 5.41) is 11.6. The van der Waals surface area contributed by atoms with Crippen molar-refractivity contribution in [1.82, 2.24) is 5.32 Å². The molecule has 0 aliphatic heterocycles. The third kappa shape index (κ3) is 5.42. The largest absolute Gasteiger partial charge is 0.481 e. The Morgan fingerprint density at radius 1 is 1.32 bits per heavy atom. The van der Waals surface area contributed by atoms with E-state index >= 15 is 0 Å². The van der Waals surface area contributed by atoms with E-state index in [9.17, 15) is 9.59 Å². The molecule has 0 bridgehead atoms. The van der Waals surface area contributed by atoms with Crippen molar-refractivity contribution in [2.75, 3.05) is 12.3 Å². The normalized spacial score (nSPS) is 11.8. The Bertz CT molecular complexity index is 429. The van der Waals surface area contributed by atoms with Gasteiger partial charge in [-0.2, -0.15) is 0 Å². The van der Waals surface area contributed by atoms with Crippen molar-refractivity contribution in [3.63, 3.8) is 0 Å². The molecule has 4 N–H and O–H groups in total. The van der Waals surface area contributed by atoms with Crippen LogP contribution in [0.25, 0.3) is 0 Å². The number of carbonyl (C=O) groups excluding carboxylic acids is 1. The van der Waals surface area contributed by atoms with E-state index in [1.165, 1.54) is 0 Å². The molecule has 0 aliphatic rings. The maximum absolute atomic E-state index is 11.7. The molecule has 1 aromatic rings. The molecular formula is C14H20N2O3. The maximum Gasteiger partial charge on any atom is 0.308 e. The summed E-state index contributed by atoms with van der Waals surface area (Å²) >= 11 is 0. The number of amides is 1. The number of rotatable bonds is 7. The lowest BCUT2D eigenvalue weighted by Crippen LogP contribution is -2.33. The first-order valence-corrected chi connectivity index (χ1v) is 6.36. The fourth-order valence-corrected chi connectivity index (χ4v) is 1.78. The van der Waals surface area contributed by atoms with Gasteiger partial charge in [-0.15, -0.1) is 0 Å². The van der Waals surface area contributed by atoms with Crippen molar-refractivity contribution in [3.8, 4) is 0 Å². The Labute approximate surface area is 112 Å². The molecule has 0 aliphatic carbocycles. The molecule has 19 heavy (non-hydrogen) atoms. The number of hydrogen-bond acceptors (Lipinski definition) is 3. The zero-order chi connectivity index (χ0) is 14.3. The lowest BCUT2D eigenvalue weighted by Gasteiger charge is -2.12. The molecule has 0 radical (unpaired) electrons. The standard InChI is InChI=1S/C14H20N2O3/c1-2-3-11(14(18)19)9-16-13(17)8-10-4-6-12(15)7-5-10/h4-7,11H,2-3,8-9,15H2,1H3,(H,16,17)(H,18,19). The smallest absolute Gasteiger partial charge is 0.308 e. The summed E-state index contributed by atoms with van der Waals surface area (Å²) in [6.07, 6.45) is 1.58. The van der Waals surface area contributed by atoms with Crippen molar-refractivity contribution in [2.24, 2.45) is 5.92 Å². The van der Waals surface area contributed by atoms with Gasteiger partial charge in [0.05, 0.1) is 12.3 Å². The first-order valence-electron chi connectivity index (χ1n) is 6.36. The monoisotopic (exact) mass is 264 g/mol. The van der Waals surface area contributed by atoms with Crippen molar-refractivity contribution >= 4 is 17.6 Å². The molecule has 1 amide bonds. The highest BCUT2D eigenvalue weighted by Crippen LogP contribution is 2.07. The lowest BCUT2D eigenvalue weighted by molar-refractivity contribution is -0.141. The van der Waals surface area contributed by atoms with Crippen LogP contribution in [0.2, 0.25) is 0 Å². The predicted molar refractivity (Wildman–Crippen MR) is 73.6 cm³/mol. The first-order chi connectivity index (χ1) is 9.02. The van der Waals surface area contributed by atoms with Gasteiger partial charge in [0.2, 0.25) is 5.91 Å². The molecule has 104 valence electrons. The number of anilines is 1. The van der Waals surface area contributed by atoms with Crippen LogP contribution >= 0.6 is 0 Å². The van der Waals surface area contributed by atoms with Crippen LogP contribution in [0.1, 0.15) is 25.3 Å². The number of nitrogen functional groups attached to an aromatic ring is 1. The highest BCUT2D eigenvalue weighted by molar-refractivity contribution is 5.79. The molecule has 1 atom stereocenters. The minimum Gasteiger partial charge on any atom is -0.481 e. The zero-order valence-electron chi connectivity index (χ0n) is 11.1. The first kappa shape index (κ1) is 15.0. The number of benzene rings is 1. The summed E-state index contributed by atoms with van der Waals surface area (Å²) in [6, 6.07) is 7.05. The van der Waals surface area contributed by atoms with Crippen molar-refractivity contribution in [3.05, 3.63) is 29.8 Å². The van der Waals surface area contributed by atoms with Crippen LogP contribution in [0.5, 0.6) is 0 Å². The van der Waals surface area contributed by atoms with Crippen molar-refractivity contribution < 1.29 is 14.7 Å². The second kappa shape index (κ2) is 7.41. The topological polar surface area (TPSA) is 92.4 Å². The fraction of sp³-hybridized carbons (Fsp3) is 0.429. The van der Waals surface area contributed by atoms with Gasteiger partial charge in [-0.1, -0.05) is 25.5 Å². The molecule has 1 rings (SSSR count). The Hall–Kier alpha value is -2.04. The Balaban J connectivity index is 2.42. The molecule has 0 saturated heterocycles. The number of carboxylic acid groups (broad SMARTS) is 1. The molecule has 0 spiro atoms. The van der Waals surface area contributed by atoms with E-state index in [0.29, 0.717) is 12.1 Å². The Kier molecular flexibility index (Phi) is 5.85. The van der Waals surface area contributed by atoms with E-state index < -0.39 is 11.9 Å². The number of nitrogens with two attached hydrogens (primary N) is 1. The summed E-state index contributed by atoms with van der Waals surface area (Å²) < 4.78 is 0. The summed E-state index contributed by atoms with van der Waals surface area (Å²) in [5.41, 5.74) is 7.06. The fourth-order valence-electron chi connectivity index (χ4n) is 1.78. The molecule has 0 aromatic heterocycles. The average molecular weight is 264 g/mol. The zero-order valence-corrected chi connectivity index (χ0v) is 11.1. The molecule has 5 heteroatoms. The van der Waals surface area contributed by atoms with Gasteiger partial charge < -0.3 is 16.2 Å². The predicted octanol–water partition coefficient (Wildman–Crippen LogP) is 1.43. The quantitative estimate of drug-likeness (QED) is 0.649. The highest BCUT2D eigenvalue weighted by atomic mass is 16.4. The third-order valence-electron chi connectivity index (χ3n) is 2.88. The molecule has 5 nitrogen and oxygen atoms in total. The van der Waals surface area contributed by atoms with E-state index in [-0.39, 0.29) is 18.9 Å². The summed E-state index contributed by atoms with van der Waals surface area (Å²) in [7, 11) is 0. The minimum atomic E-state index is -0.866. The van der Waals surface area contributed by atoms with Crippen molar-refractivity contribution in [2.45, 2.75) is 26.2 Å². The van der Waals surface area contributed by atoms with Crippen LogP contribution in [-0.4, -0.2) is 23.5 Å². The highest BCUT2D eigenvalue weighted by Gasteiger charge is 2.17. The summed E-state index contributed by atoms with van der Waals surface area (Å²) in [6.45, 7) is 2.10. The molecule has 0 saturated carbocycles. The summed E-state index contributed by atoms with van der Waals surface area (Å²) in [5.74, 6) is -1.55. The van der Waals surface area contributed by atoms with Crippen LogP contribution in [0.15, 0.2) is 24.3 Å². The van der Waals surface area contributed by atoms with E-state index in [1.54, 1.807) is 24.3 Å². The second-order valence-corrected chi connectivity index (χ2v) is 4.55. The van der Waals surface area contributed by atoms with Crippen LogP contribution in [0.3, 0.4) is 0 Å². The second-order valence-electron chi connectivity index (χ2n) is 4.55. The Morgan fingerprint density at radius 2 is 1.95 bits per heavy atom. The minimum absolute atomic E-state index is 0.174. The van der Waals surface area contributed by atoms with Gasteiger partial charge >= 0.3 is 5.97 Å². The van der Waals surface area contributed by atoms with E-state index in [2.05, 4.69) is 5.32 Å². The maximum atomic E-state index is 11.7. The van der Waals surface area contributed by atoms with Gasteiger partial charge in [-0.3, -0.25) is 9.59 Å². The number of hydrogen-bond donors (Lipinski definition) is 3. The number of aliphatic carboxylic acids is 1. The van der Waals surface area contributed by atoms with Gasteiger partial charge in [0.25, 0.3) is 0 Å². The molecule has 1 aromatic carbocycles. The van der Waals surface area contributed by atoms with E-state index in [4.69, 9.17) is 10.8 Å². The van der Waals surface area contributed by atoms with Crippen LogP contribution < -0.4 is 11.1 Å². The van der Waals surface area contributed by atoms with E-state index in [0.717, 1.165) is 12.0 Å². The Morgan fingerprint density at radius 3 is 2.47 bits per heavy atom. The summed E-state index contributed by atoms with van der Waals surface area (Å²) in [4.78, 5) is 22.6. The van der Waals surface area contributed by atoms with Crippen molar-refractivity contribution in [1.29, 1.82) is 0 Å². The molecule has 0 fully saturated rings. The third-order valence-corrected chi connectivity index (χ3v) is 2.88. The van der Waals surface area contributed by atoms with Crippen LogP contribution in [0, 0.1) is 5.92 Å². The van der Waals surface area contributed by atoms with Crippen LogP contribution in [0.4, 0.5) is 5.69 Å². The SMILES string of the molecule is CCCC(CNC(=O)Cc1ccc(N)cc1)C(=O)O. The van der Waals surface area contributed by atoms with E-state index in [1.807, 2.05) is 6.92 Å². The van der Waals surface area contributed by atoms with Gasteiger partial charge in [0.1, 0.15) is 0 Å². The van der Waals surface area contributed by atoms with Gasteiger partial charge in [-0.05, 0) is 24.1 Å². The number of carbonyl (C=O) groups is 2. The lowest BCUT2D eigenvalue weighted by atomic mass is 10.0. The number of nitrogens with one attached hydrogen (secondary N) is 1. The molecule has 1 unspecified atom stereocenters. The average Bonchev–Trinajstić information content (AvgIpc) is 2.37. The van der Waals surface area contributed by atoms with Gasteiger partial charge in [0, 0.05) is 12.2 Å².